The lowest BCUT2D eigenvalue weighted by molar-refractivity contribution is -0.121. The Bertz CT molecular complexity index is 790. The predicted molar refractivity (Wildman–Crippen MR) is 97.6 cm³/mol. The molecule has 25 heavy (non-hydrogen) atoms. The molecule has 0 atom stereocenters. The molecule has 0 radical (unpaired) electrons. The molecular formula is C20H21N3O2. The number of carbonyl (C=O) groups is 1. The van der Waals surface area contributed by atoms with E-state index in [-0.39, 0.29) is 5.91 Å². The van der Waals surface area contributed by atoms with E-state index >= 15 is 0 Å². The number of nitrogens with zero attached hydrogens (tertiary/aromatic N) is 2. The molecule has 0 aliphatic carbocycles. The zero-order valence-corrected chi connectivity index (χ0v) is 14.5. The van der Waals surface area contributed by atoms with Crippen LogP contribution in [0.3, 0.4) is 0 Å². The van der Waals surface area contributed by atoms with Gasteiger partial charge in [-0.3, -0.25) is 4.79 Å². The van der Waals surface area contributed by atoms with Gasteiger partial charge in [-0.2, -0.15) is 10.4 Å². The van der Waals surface area contributed by atoms with Crippen molar-refractivity contribution in [3.05, 3.63) is 64.7 Å². The maximum absolute atomic E-state index is 11.8. The summed E-state index contributed by atoms with van der Waals surface area (Å²) >= 11 is 0. The topological polar surface area (TPSA) is 74.5 Å². The Hall–Kier alpha value is -3.13. The summed E-state index contributed by atoms with van der Waals surface area (Å²) in [5, 5.41) is 12.7. The predicted octanol–water partition coefficient (Wildman–Crippen LogP) is 3.35. The third-order valence-electron chi connectivity index (χ3n) is 3.84. The van der Waals surface area contributed by atoms with Gasteiger partial charge in [-0.05, 0) is 60.7 Å². The molecule has 0 aliphatic rings. The van der Waals surface area contributed by atoms with E-state index < -0.39 is 0 Å². The summed E-state index contributed by atoms with van der Waals surface area (Å²) in [4.78, 5) is 11.8. The van der Waals surface area contributed by atoms with Gasteiger partial charge >= 0.3 is 0 Å². The van der Waals surface area contributed by atoms with Crippen LogP contribution in [0.25, 0.3) is 0 Å². The molecule has 0 saturated heterocycles. The lowest BCUT2D eigenvalue weighted by Crippen LogP contribution is -2.17. The maximum Gasteiger partial charge on any atom is 0.240 e. The van der Waals surface area contributed by atoms with Crippen LogP contribution in [0.4, 0.5) is 0 Å². The summed E-state index contributed by atoms with van der Waals surface area (Å²) in [5.74, 6) is 0.729. The van der Waals surface area contributed by atoms with E-state index in [1.165, 1.54) is 11.1 Å². The van der Waals surface area contributed by atoms with Gasteiger partial charge < -0.3 is 4.74 Å². The van der Waals surface area contributed by atoms with Crippen molar-refractivity contribution in [3.63, 3.8) is 0 Å². The average molecular weight is 335 g/mol. The van der Waals surface area contributed by atoms with Crippen molar-refractivity contribution in [3.8, 4) is 11.8 Å². The molecule has 5 nitrogen and oxygen atoms in total. The Morgan fingerprint density at radius 1 is 1.28 bits per heavy atom. The van der Waals surface area contributed by atoms with Gasteiger partial charge in [-0.1, -0.05) is 18.2 Å². The average Bonchev–Trinajstić information content (AvgIpc) is 2.63. The van der Waals surface area contributed by atoms with Gasteiger partial charge in [-0.15, -0.1) is 0 Å². The second-order valence-corrected chi connectivity index (χ2v) is 5.67. The van der Waals surface area contributed by atoms with Gasteiger partial charge in [0.1, 0.15) is 5.75 Å². The van der Waals surface area contributed by atoms with Crippen LogP contribution in [0.15, 0.2) is 47.6 Å². The molecule has 0 saturated carbocycles. The summed E-state index contributed by atoms with van der Waals surface area (Å²) < 4.78 is 5.19. The van der Waals surface area contributed by atoms with Crippen LogP contribution in [0, 0.1) is 18.3 Å². The Morgan fingerprint density at radius 3 is 2.68 bits per heavy atom. The summed E-state index contributed by atoms with van der Waals surface area (Å²) in [5.41, 5.74) is 6.33. The molecule has 0 aliphatic heterocycles. The van der Waals surface area contributed by atoms with Crippen LogP contribution in [0.2, 0.25) is 0 Å². The number of hydrogen-bond acceptors (Lipinski definition) is 4. The quantitative estimate of drug-likeness (QED) is 0.623. The summed E-state index contributed by atoms with van der Waals surface area (Å²) in [6.45, 7) is 2.04. The van der Waals surface area contributed by atoms with Crippen LogP contribution < -0.4 is 10.2 Å². The molecule has 0 aromatic heterocycles. The van der Waals surface area contributed by atoms with E-state index in [1.54, 1.807) is 37.6 Å². The number of ether oxygens (including phenoxy) is 1. The van der Waals surface area contributed by atoms with Crippen LogP contribution in [0.5, 0.6) is 5.75 Å². The van der Waals surface area contributed by atoms with E-state index in [0.29, 0.717) is 12.0 Å². The second-order valence-electron chi connectivity index (χ2n) is 5.67. The summed E-state index contributed by atoms with van der Waals surface area (Å²) in [7, 11) is 1.65. The molecule has 2 rings (SSSR count). The highest BCUT2D eigenvalue weighted by Gasteiger charge is 2.03. The molecule has 2 aromatic carbocycles. The van der Waals surface area contributed by atoms with Crippen molar-refractivity contribution >= 4 is 12.1 Å². The van der Waals surface area contributed by atoms with Crippen molar-refractivity contribution < 1.29 is 9.53 Å². The van der Waals surface area contributed by atoms with Crippen molar-refractivity contribution in [2.75, 3.05) is 7.11 Å². The SMILES string of the molecule is COc1ccc(CCCC(=O)N/N=C\c2ccc(C#N)cc2)c(C)c1. The molecule has 1 amide bonds. The number of rotatable bonds is 7. The molecule has 5 heteroatoms. The van der Waals surface area contributed by atoms with E-state index in [4.69, 9.17) is 10.00 Å². The summed E-state index contributed by atoms with van der Waals surface area (Å²) in [6.07, 6.45) is 3.57. The van der Waals surface area contributed by atoms with Gasteiger partial charge in [0.2, 0.25) is 5.91 Å². The van der Waals surface area contributed by atoms with Crippen molar-refractivity contribution in [1.82, 2.24) is 5.43 Å². The largest absolute Gasteiger partial charge is 0.497 e. The zero-order chi connectivity index (χ0) is 18.1. The normalized spacial score (nSPS) is 10.4. The lowest BCUT2D eigenvalue weighted by Gasteiger charge is -2.07. The van der Waals surface area contributed by atoms with Crippen LogP contribution in [0.1, 0.15) is 35.1 Å². The fourth-order valence-corrected chi connectivity index (χ4v) is 2.39. The fraction of sp³-hybridized carbons (Fsp3) is 0.250. The van der Waals surface area contributed by atoms with Crippen LogP contribution in [-0.4, -0.2) is 19.2 Å². The first-order valence-electron chi connectivity index (χ1n) is 8.08. The number of hydrogen-bond donors (Lipinski definition) is 1. The van der Waals surface area contributed by atoms with Gasteiger partial charge in [0.15, 0.2) is 0 Å². The number of hydrazone groups is 1. The molecular weight excluding hydrogens is 314 g/mol. The second kappa shape index (κ2) is 9.24. The number of aryl methyl sites for hydroxylation is 2. The maximum atomic E-state index is 11.8. The van der Waals surface area contributed by atoms with Crippen LogP contribution in [-0.2, 0) is 11.2 Å². The number of nitrogens with one attached hydrogen (secondary N) is 1. The fourth-order valence-electron chi connectivity index (χ4n) is 2.39. The minimum Gasteiger partial charge on any atom is -0.497 e. The number of carbonyl (C=O) groups excluding carboxylic acids is 1. The highest BCUT2D eigenvalue weighted by Crippen LogP contribution is 2.18. The van der Waals surface area contributed by atoms with E-state index in [9.17, 15) is 4.79 Å². The molecule has 0 heterocycles. The highest BCUT2D eigenvalue weighted by atomic mass is 16.5. The van der Waals surface area contributed by atoms with Gasteiger partial charge in [0.25, 0.3) is 0 Å². The number of benzene rings is 2. The Kier molecular flexibility index (Phi) is 6.73. The molecule has 0 unspecified atom stereocenters. The molecule has 0 spiro atoms. The van der Waals surface area contributed by atoms with Gasteiger partial charge in [-0.25, -0.2) is 5.43 Å². The smallest absolute Gasteiger partial charge is 0.240 e. The highest BCUT2D eigenvalue weighted by molar-refractivity contribution is 5.82. The molecule has 0 bridgehead atoms. The molecule has 128 valence electrons. The minimum atomic E-state index is -0.115. The first-order valence-corrected chi connectivity index (χ1v) is 8.08. The molecule has 0 fully saturated rings. The Morgan fingerprint density at radius 2 is 2.04 bits per heavy atom. The van der Waals surface area contributed by atoms with Crippen molar-refractivity contribution in [2.24, 2.45) is 5.10 Å². The molecule has 1 N–H and O–H groups in total. The number of methoxy groups -OCH3 is 1. The van der Waals surface area contributed by atoms with Gasteiger partial charge in [0, 0.05) is 6.42 Å². The van der Waals surface area contributed by atoms with Crippen molar-refractivity contribution in [1.29, 1.82) is 5.26 Å². The Labute approximate surface area is 147 Å². The lowest BCUT2D eigenvalue weighted by atomic mass is 10.0. The third kappa shape index (κ3) is 5.78. The van der Waals surface area contributed by atoms with Crippen LogP contribution >= 0.6 is 0 Å². The van der Waals surface area contributed by atoms with Gasteiger partial charge in [0.05, 0.1) is 25.0 Å². The summed E-state index contributed by atoms with van der Waals surface area (Å²) in [6, 6.07) is 15.0. The zero-order valence-electron chi connectivity index (χ0n) is 14.5. The first-order chi connectivity index (χ1) is 12.1. The monoisotopic (exact) mass is 335 g/mol. The van der Waals surface area contributed by atoms with Crippen molar-refractivity contribution in [2.45, 2.75) is 26.2 Å². The van der Waals surface area contributed by atoms with E-state index in [1.807, 2.05) is 25.1 Å². The molecule has 2 aromatic rings. The third-order valence-corrected chi connectivity index (χ3v) is 3.84. The first kappa shape index (κ1) is 18.2. The van der Waals surface area contributed by atoms with E-state index in [0.717, 1.165) is 24.2 Å². The number of amides is 1. The standard InChI is InChI=1S/C20H21N3O2/c1-15-12-19(25-2)11-10-18(15)4-3-5-20(24)23-22-14-17-8-6-16(13-21)7-9-17/h6-12,14H,3-5H2,1-2H3,(H,23,24)/b22-14-. The minimum absolute atomic E-state index is 0.115. The number of nitriles is 1. The van der Waals surface area contributed by atoms with E-state index in [2.05, 4.69) is 16.6 Å². The Balaban J connectivity index is 1.75.